The van der Waals surface area contributed by atoms with Crippen LogP contribution in [-0.4, -0.2) is 23.2 Å². The van der Waals surface area contributed by atoms with Gasteiger partial charge in [0.05, 0.1) is 5.69 Å². The van der Waals surface area contributed by atoms with Gasteiger partial charge >= 0.3 is 0 Å². The van der Waals surface area contributed by atoms with Crippen molar-refractivity contribution in [3.63, 3.8) is 0 Å². The number of benzene rings is 1. The quantitative estimate of drug-likeness (QED) is 0.788. The first-order valence-corrected chi connectivity index (χ1v) is 6.62. The van der Waals surface area contributed by atoms with E-state index in [0.717, 1.165) is 0 Å². The number of nitrogens with zero attached hydrogens (tertiary/aromatic N) is 3. The summed E-state index contributed by atoms with van der Waals surface area (Å²) in [5.74, 6) is 0.137. The molecule has 0 radical (unpaired) electrons. The Kier molecular flexibility index (Phi) is 2.95. The molecule has 0 amide bonds. The van der Waals surface area contributed by atoms with Crippen LogP contribution in [0.1, 0.15) is 5.56 Å². The van der Waals surface area contributed by atoms with Crippen molar-refractivity contribution in [2.24, 2.45) is 7.05 Å². The lowest BCUT2D eigenvalue weighted by atomic mass is 10.2. The van der Waals surface area contributed by atoms with Gasteiger partial charge in [0, 0.05) is 7.05 Å². The monoisotopic (exact) mass is 267 g/mol. The Morgan fingerprint density at radius 1 is 1.39 bits per heavy atom. The maximum atomic E-state index is 12.2. The summed E-state index contributed by atoms with van der Waals surface area (Å²) in [7, 11) is -2.18. The van der Waals surface area contributed by atoms with Gasteiger partial charge in [-0.25, -0.2) is 17.8 Å². The first-order valence-electron chi connectivity index (χ1n) is 5.14. The zero-order valence-electron chi connectivity index (χ0n) is 9.95. The van der Waals surface area contributed by atoms with Gasteiger partial charge in [-0.3, -0.25) is 0 Å². The van der Waals surface area contributed by atoms with Crippen LogP contribution in [0.25, 0.3) is 0 Å². The van der Waals surface area contributed by atoms with Crippen LogP contribution >= 0.6 is 0 Å². The molecular weight excluding hydrogens is 254 g/mol. The number of aryl methyl sites for hydroxylation is 2. The van der Waals surface area contributed by atoms with E-state index < -0.39 is 10.0 Å². The highest BCUT2D eigenvalue weighted by atomic mass is 32.2. The number of aromatic nitrogens is 3. The fraction of sp³-hybridized carbons (Fsp3) is 0.200. The Bertz CT molecular complexity index is 657. The lowest BCUT2D eigenvalue weighted by Gasteiger charge is -2.11. The number of sulfonamides is 1. The molecule has 1 aromatic heterocycles. The van der Waals surface area contributed by atoms with Gasteiger partial charge in [0.2, 0.25) is 5.95 Å². The third-order valence-electron chi connectivity index (χ3n) is 2.45. The molecule has 0 aliphatic rings. The summed E-state index contributed by atoms with van der Waals surface area (Å²) in [6.45, 7) is 1.68. The predicted octanol–water partition coefficient (Wildman–Crippen LogP) is 0.507. The normalized spacial score (nSPS) is 11.4. The van der Waals surface area contributed by atoms with E-state index in [0.29, 0.717) is 5.56 Å². The van der Waals surface area contributed by atoms with E-state index in [1.165, 1.54) is 17.1 Å². The molecule has 0 spiro atoms. The van der Waals surface area contributed by atoms with Gasteiger partial charge < -0.3 is 5.73 Å². The van der Waals surface area contributed by atoms with E-state index in [-0.39, 0.29) is 16.5 Å². The Balaban J connectivity index is 2.47. The minimum atomic E-state index is -3.77. The highest BCUT2D eigenvalue weighted by Gasteiger charge is 2.21. The first kappa shape index (κ1) is 12.4. The van der Waals surface area contributed by atoms with E-state index in [1.807, 2.05) is 0 Å². The molecule has 0 atom stereocenters. The number of hydrogen-bond donors (Lipinski definition) is 2. The van der Waals surface area contributed by atoms with Gasteiger partial charge in [-0.05, 0) is 18.6 Å². The maximum Gasteiger partial charge on any atom is 0.266 e. The minimum Gasteiger partial charge on any atom is -0.398 e. The Labute approximate surface area is 105 Å². The molecular formula is C10H13N5O2S. The molecule has 0 saturated heterocycles. The third kappa shape index (κ3) is 2.14. The molecule has 0 unspecified atom stereocenters. The van der Waals surface area contributed by atoms with Gasteiger partial charge in [0.25, 0.3) is 10.0 Å². The van der Waals surface area contributed by atoms with Crippen LogP contribution in [0.5, 0.6) is 0 Å². The second-order valence-corrected chi connectivity index (χ2v) is 5.43. The average Bonchev–Trinajstić information content (AvgIpc) is 2.63. The average molecular weight is 267 g/mol. The number of anilines is 2. The lowest BCUT2D eigenvalue weighted by molar-refractivity contribution is 0.600. The molecule has 96 valence electrons. The van der Waals surface area contributed by atoms with Gasteiger partial charge in [0.1, 0.15) is 11.2 Å². The zero-order valence-corrected chi connectivity index (χ0v) is 10.8. The number of nitrogen functional groups attached to an aromatic ring is 1. The van der Waals surface area contributed by atoms with Gasteiger partial charge in [-0.15, -0.1) is 0 Å². The summed E-state index contributed by atoms with van der Waals surface area (Å²) in [5, 5.41) is 3.79. The molecule has 0 aliphatic heterocycles. The van der Waals surface area contributed by atoms with Crippen molar-refractivity contribution in [3.05, 3.63) is 30.1 Å². The number of hydrogen-bond acceptors (Lipinski definition) is 5. The lowest BCUT2D eigenvalue weighted by Crippen LogP contribution is -2.18. The van der Waals surface area contributed by atoms with Crippen molar-refractivity contribution in [2.45, 2.75) is 11.8 Å². The van der Waals surface area contributed by atoms with Gasteiger partial charge in [-0.1, -0.05) is 12.1 Å². The van der Waals surface area contributed by atoms with Crippen LogP contribution in [0.4, 0.5) is 11.6 Å². The van der Waals surface area contributed by atoms with Crippen LogP contribution in [0, 0.1) is 6.92 Å². The molecule has 8 heteroatoms. The Morgan fingerprint density at radius 2 is 2.11 bits per heavy atom. The molecule has 0 aliphatic carbocycles. The van der Waals surface area contributed by atoms with Gasteiger partial charge in [-0.2, -0.15) is 10.1 Å². The molecule has 1 aromatic carbocycles. The molecule has 2 aromatic rings. The fourth-order valence-corrected chi connectivity index (χ4v) is 3.00. The predicted molar refractivity (Wildman–Crippen MR) is 67.4 cm³/mol. The highest BCUT2D eigenvalue weighted by Crippen LogP contribution is 2.23. The molecule has 0 saturated carbocycles. The van der Waals surface area contributed by atoms with Crippen molar-refractivity contribution in [1.82, 2.24) is 14.8 Å². The fourth-order valence-electron chi connectivity index (χ4n) is 1.60. The van der Waals surface area contributed by atoms with E-state index in [1.54, 1.807) is 26.1 Å². The Morgan fingerprint density at radius 3 is 2.67 bits per heavy atom. The van der Waals surface area contributed by atoms with Crippen molar-refractivity contribution < 1.29 is 8.42 Å². The van der Waals surface area contributed by atoms with E-state index in [9.17, 15) is 8.42 Å². The van der Waals surface area contributed by atoms with Crippen molar-refractivity contribution in [1.29, 1.82) is 0 Å². The summed E-state index contributed by atoms with van der Waals surface area (Å²) < 4.78 is 28.1. The van der Waals surface area contributed by atoms with Crippen molar-refractivity contribution in [2.75, 3.05) is 10.5 Å². The maximum absolute atomic E-state index is 12.2. The SMILES string of the molecule is Cc1cccc(N)c1S(=O)(=O)Nc1ncnn1C. The third-order valence-corrected chi connectivity index (χ3v) is 3.99. The van der Waals surface area contributed by atoms with Crippen LogP contribution in [0.15, 0.2) is 29.4 Å². The molecule has 0 bridgehead atoms. The molecule has 18 heavy (non-hydrogen) atoms. The van der Waals surface area contributed by atoms with Crippen LogP contribution in [0.3, 0.4) is 0 Å². The topological polar surface area (TPSA) is 103 Å². The molecule has 7 nitrogen and oxygen atoms in total. The summed E-state index contributed by atoms with van der Waals surface area (Å²) in [5.41, 5.74) is 6.49. The van der Waals surface area contributed by atoms with Gasteiger partial charge in [0.15, 0.2) is 0 Å². The van der Waals surface area contributed by atoms with E-state index in [2.05, 4.69) is 14.8 Å². The number of nitrogens with one attached hydrogen (secondary N) is 1. The Hall–Kier alpha value is -2.09. The molecule has 1 heterocycles. The van der Waals surface area contributed by atoms with Crippen molar-refractivity contribution in [3.8, 4) is 0 Å². The van der Waals surface area contributed by atoms with E-state index >= 15 is 0 Å². The summed E-state index contributed by atoms with van der Waals surface area (Å²) in [6.07, 6.45) is 1.26. The zero-order chi connectivity index (χ0) is 13.3. The van der Waals surface area contributed by atoms with Crippen LogP contribution < -0.4 is 10.5 Å². The van der Waals surface area contributed by atoms with Crippen LogP contribution in [0.2, 0.25) is 0 Å². The largest absolute Gasteiger partial charge is 0.398 e. The van der Waals surface area contributed by atoms with E-state index in [4.69, 9.17) is 5.73 Å². The molecule has 2 rings (SSSR count). The minimum absolute atomic E-state index is 0.0630. The summed E-state index contributed by atoms with van der Waals surface area (Å²) in [4.78, 5) is 3.87. The molecule has 0 fully saturated rings. The smallest absolute Gasteiger partial charge is 0.266 e. The van der Waals surface area contributed by atoms with Crippen molar-refractivity contribution >= 4 is 21.7 Å². The highest BCUT2D eigenvalue weighted by molar-refractivity contribution is 7.93. The second kappa shape index (κ2) is 4.30. The number of nitrogens with two attached hydrogens (primary N) is 1. The first-order chi connectivity index (χ1) is 8.42. The standard InChI is InChI=1S/C10H13N5O2S/c1-7-4-3-5-8(11)9(7)18(16,17)14-10-12-6-13-15(10)2/h3-6H,11H2,1-2H3,(H,12,13,14). The number of rotatable bonds is 3. The second-order valence-electron chi connectivity index (χ2n) is 3.81. The summed E-state index contributed by atoms with van der Waals surface area (Å²) in [6, 6.07) is 4.92. The van der Waals surface area contributed by atoms with Crippen LogP contribution in [-0.2, 0) is 17.1 Å². The summed E-state index contributed by atoms with van der Waals surface area (Å²) >= 11 is 0. The molecule has 3 N–H and O–H groups in total.